The average Bonchev–Trinajstić information content (AvgIpc) is 2.56. The molecule has 0 atom stereocenters. The maximum atomic E-state index is 12.5. The van der Waals surface area contributed by atoms with Gasteiger partial charge in [-0.25, -0.2) is 9.90 Å². The van der Waals surface area contributed by atoms with Crippen LogP contribution in [0.3, 0.4) is 0 Å². The molecule has 0 unspecified atom stereocenters. The molecule has 1 aliphatic heterocycles. The predicted molar refractivity (Wildman–Crippen MR) is 79.6 cm³/mol. The van der Waals surface area contributed by atoms with Crippen molar-refractivity contribution in [2.45, 2.75) is 26.3 Å². The Hall–Kier alpha value is -1.56. The van der Waals surface area contributed by atoms with Gasteiger partial charge in [0, 0.05) is 17.7 Å². The molecule has 2 rings (SSSR count). The van der Waals surface area contributed by atoms with Gasteiger partial charge in [-0.2, -0.15) is 0 Å². The maximum absolute atomic E-state index is 12.5. The Morgan fingerprint density at radius 3 is 2.62 bits per heavy atom. The molecule has 1 N–H and O–H groups in total. The van der Waals surface area contributed by atoms with Gasteiger partial charge in [0.1, 0.15) is 11.3 Å². The highest BCUT2D eigenvalue weighted by molar-refractivity contribution is 6.35. The molecule has 0 saturated carbocycles. The number of halogens is 1. The lowest BCUT2D eigenvalue weighted by Crippen LogP contribution is -2.43. The Kier molecular flexibility index (Phi) is 4.27. The first-order valence-electron chi connectivity index (χ1n) is 6.47. The molecule has 0 aliphatic carbocycles. The van der Waals surface area contributed by atoms with Crippen LogP contribution in [-0.4, -0.2) is 35.5 Å². The summed E-state index contributed by atoms with van der Waals surface area (Å²) in [7, 11) is 1.46. The van der Waals surface area contributed by atoms with E-state index in [2.05, 4.69) is 0 Å². The third-order valence-electron chi connectivity index (χ3n) is 3.42. The zero-order valence-electron chi connectivity index (χ0n) is 12.4. The number of hydroxylamine groups is 2. The first kappa shape index (κ1) is 15.8. The van der Waals surface area contributed by atoms with Crippen LogP contribution in [0.1, 0.15) is 25.0 Å². The summed E-state index contributed by atoms with van der Waals surface area (Å²) in [4.78, 5) is 17.8. The van der Waals surface area contributed by atoms with E-state index in [4.69, 9.17) is 21.2 Å². The molecule has 0 fully saturated rings. The molecule has 114 valence electrons. The lowest BCUT2D eigenvalue weighted by Gasteiger charge is -2.30. The molecule has 0 spiro atoms. The van der Waals surface area contributed by atoms with Gasteiger partial charge in [-0.15, -0.1) is 0 Å². The standard InChI is InChI=1S/C15H18ClNO4/c1-9-5-6-10(11(16)7-9)12-13(18)15(2,3)17(14(12)19)21-8-20-4/h5-7,18H,8H2,1-4H3. The van der Waals surface area contributed by atoms with E-state index < -0.39 is 11.4 Å². The minimum atomic E-state index is -0.987. The number of aliphatic hydroxyl groups excluding tert-OH is 1. The number of ether oxygens (including phenoxy) is 1. The van der Waals surface area contributed by atoms with Crippen LogP contribution >= 0.6 is 11.6 Å². The maximum Gasteiger partial charge on any atom is 0.282 e. The Balaban J connectivity index is 2.48. The van der Waals surface area contributed by atoms with Gasteiger partial charge in [-0.05, 0) is 32.4 Å². The molecule has 6 heteroatoms. The largest absolute Gasteiger partial charge is 0.509 e. The second kappa shape index (κ2) is 5.67. The molecular formula is C15H18ClNO4. The Morgan fingerprint density at radius 2 is 2.05 bits per heavy atom. The molecule has 1 aromatic rings. The van der Waals surface area contributed by atoms with Gasteiger partial charge in [0.15, 0.2) is 6.79 Å². The van der Waals surface area contributed by atoms with Gasteiger partial charge in [-0.3, -0.25) is 4.79 Å². The van der Waals surface area contributed by atoms with Gasteiger partial charge in [0.25, 0.3) is 5.91 Å². The highest BCUT2D eigenvalue weighted by atomic mass is 35.5. The molecular weight excluding hydrogens is 294 g/mol. The predicted octanol–water partition coefficient (Wildman–Crippen LogP) is 3.07. The van der Waals surface area contributed by atoms with Crippen LogP contribution in [0.15, 0.2) is 24.0 Å². The molecule has 21 heavy (non-hydrogen) atoms. The smallest absolute Gasteiger partial charge is 0.282 e. The Labute approximate surface area is 128 Å². The molecule has 1 heterocycles. The fourth-order valence-electron chi connectivity index (χ4n) is 2.25. The van der Waals surface area contributed by atoms with E-state index in [1.165, 1.54) is 7.11 Å². The summed E-state index contributed by atoms with van der Waals surface area (Å²) in [5.74, 6) is -0.519. The number of hydrogen-bond donors (Lipinski definition) is 1. The van der Waals surface area contributed by atoms with Crippen molar-refractivity contribution in [2.24, 2.45) is 0 Å². The van der Waals surface area contributed by atoms with Crippen molar-refractivity contribution >= 4 is 23.1 Å². The number of aliphatic hydroxyl groups is 1. The molecule has 1 aliphatic rings. The van der Waals surface area contributed by atoms with Crippen molar-refractivity contribution in [3.05, 3.63) is 40.1 Å². The molecule has 0 radical (unpaired) electrons. The summed E-state index contributed by atoms with van der Waals surface area (Å²) in [6, 6.07) is 5.30. The minimum absolute atomic E-state index is 0.0747. The number of hydrogen-bond acceptors (Lipinski definition) is 4. The number of carbonyl (C=O) groups excluding carboxylic acids is 1. The number of rotatable bonds is 4. The number of aryl methyl sites for hydroxylation is 1. The summed E-state index contributed by atoms with van der Waals surface area (Å²) >= 11 is 6.20. The summed E-state index contributed by atoms with van der Waals surface area (Å²) in [5.41, 5.74) is 0.627. The van der Waals surface area contributed by atoms with Gasteiger partial charge in [0.2, 0.25) is 0 Å². The summed E-state index contributed by atoms with van der Waals surface area (Å²) in [5, 5.41) is 12.0. The second-order valence-corrected chi connectivity index (χ2v) is 5.81. The van der Waals surface area contributed by atoms with Gasteiger partial charge < -0.3 is 9.84 Å². The van der Waals surface area contributed by atoms with Crippen LogP contribution in [0.2, 0.25) is 5.02 Å². The number of nitrogens with zero attached hydrogens (tertiary/aromatic N) is 1. The van der Waals surface area contributed by atoms with Crippen molar-refractivity contribution in [1.82, 2.24) is 5.06 Å². The van der Waals surface area contributed by atoms with E-state index in [-0.39, 0.29) is 18.1 Å². The zero-order valence-corrected chi connectivity index (χ0v) is 13.2. The Bertz CT molecular complexity index is 610. The lowest BCUT2D eigenvalue weighted by atomic mass is 9.99. The van der Waals surface area contributed by atoms with Gasteiger partial charge >= 0.3 is 0 Å². The first-order chi connectivity index (χ1) is 9.80. The topological polar surface area (TPSA) is 59.0 Å². The van der Waals surface area contributed by atoms with E-state index in [1.54, 1.807) is 26.0 Å². The van der Waals surface area contributed by atoms with E-state index in [1.807, 2.05) is 13.0 Å². The SMILES string of the molecule is COCON1C(=O)C(c2ccc(C)cc2Cl)=C(O)C1(C)C. The van der Waals surface area contributed by atoms with Crippen molar-refractivity contribution in [3.63, 3.8) is 0 Å². The summed E-state index contributed by atoms with van der Waals surface area (Å²) in [6.45, 7) is 5.19. The fraction of sp³-hybridized carbons (Fsp3) is 0.400. The molecule has 1 aromatic carbocycles. The number of methoxy groups -OCH3 is 1. The van der Waals surface area contributed by atoms with Crippen LogP contribution in [0, 0.1) is 6.92 Å². The number of amides is 1. The molecule has 0 bridgehead atoms. The van der Waals surface area contributed by atoms with Gasteiger partial charge in [0.05, 0.1) is 5.57 Å². The highest BCUT2D eigenvalue weighted by Crippen LogP contribution is 2.40. The van der Waals surface area contributed by atoms with Crippen LogP contribution in [-0.2, 0) is 14.4 Å². The molecule has 1 amide bonds. The number of benzene rings is 1. The average molecular weight is 312 g/mol. The quantitative estimate of drug-likeness (QED) is 0.868. The third kappa shape index (κ3) is 2.64. The van der Waals surface area contributed by atoms with E-state index >= 15 is 0 Å². The first-order valence-corrected chi connectivity index (χ1v) is 6.85. The van der Waals surface area contributed by atoms with Crippen LogP contribution in [0.25, 0.3) is 5.57 Å². The van der Waals surface area contributed by atoms with Crippen molar-refractivity contribution in [3.8, 4) is 0 Å². The Morgan fingerprint density at radius 1 is 1.38 bits per heavy atom. The van der Waals surface area contributed by atoms with Gasteiger partial charge in [-0.1, -0.05) is 23.7 Å². The second-order valence-electron chi connectivity index (χ2n) is 5.40. The van der Waals surface area contributed by atoms with Crippen LogP contribution in [0.4, 0.5) is 0 Å². The highest BCUT2D eigenvalue weighted by Gasteiger charge is 2.48. The van der Waals surface area contributed by atoms with Crippen molar-refractivity contribution in [1.29, 1.82) is 0 Å². The number of carbonyl (C=O) groups is 1. The summed E-state index contributed by atoms with van der Waals surface area (Å²) in [6.07, 6.45) is 0. The van der Waals surface area contributed by atoms with E-state index in [0.29, 0.717) is 10.6 Å². The lowest BCUT2D eigenvalue weighted by molar-refractivity contribution is -0.238. The van der Waals surface area contributed by atoms with Crippen molar-refractivity contribution < 1.29 is 19.5 Å². The van der Waals surface area contributed by atoms with E-state index in [9.17, 15) is 9.90 Å². The summed E-state index contributed by atoms with van der Waals surface area (Å²) < 4.78 is 4.82. The minimum Gasteiger partial charge on any atom is -0.509 e. The monoisotopic (exact) mass is 311 g/mol. The van der Waals surface area contributed by atoms with Crippen LogP contribution in [0.5, 0.6) is 0 Å². The van der Waals surface area contributed by atoms with E-state index in [0.717, 1.165) is 10.6 Å². The van der Waals surface area contributed by atoms with Crippen molar-refractivity contribution in [2.75, 3.05) is 13.9 Å². The molecule has 5 nitrogen and oxygen atoms in total. The fourth-order valence-corrected chi connectivity index (χ4v) is 2.58. The molecule has 0 saturated heterocycles. The third-order valence-corrected chi connectivity index (χ3v) is 3.73. The van der Waals surface area contributed by atoms with Crippen LogP contribution < -0.4 is 0 Å². The normalized spacial score (nSPS) is 17.8. The molecule has 0 aromatic heterocycles. The zero-order chi connectivity index (χ0) is 15.8.